The maximum absolute atomic E-state index is 12.2. The molecule has 4 heteroatoms. The standard InChI is InChI=1S/C15H31NO3/c1-6-19-14(17)15(11-16,13(4)5)8-10-18-9-7-12(2)3/h12-13H,6-11,16H2,1-5H3. The molecule has 2 N–H and O–H groups in total. The van der Waals surface area contributed by atoms with Gasteiger partial charge in [0.15, 0.2) is 0 Å². The van der Waals surface area contributed by atoms with Gasteiger partial charge in [0, 0.05) is 19.8 Å². The van der Waals surface area contributed by atoms with Crippen LogP contribution >= 0.6 is 0 Å². The Kier molecular flexibility index (Phi) is 9.02. The molecule has 1 unspecified atom stereocenters. The van der Waals surface area contributed by atoms with Gasteiger partial charge in [0.2, 0.25) is 0 Å². The van der Waals surface area contributed by atoms with Gasteiger partial charge in [-0.2, -0.15) is 0 Å². The molecular formula is C15H31NO3. The third-order valence-electron chi connectivity index (χ3n) is 3.68. The van der Waals surface area contributed by atoms with Crippen molar-refractivity contribution in [1.82, 2.24) is 0 Å². The van der Waals surface area contributed by atoms with Crippen molar-refractivity contribution >= 4 is 5.97 Å². The number of hydrogen-bond donors (Lipinski definition) is 1. The van der Waals surface area contributed by atoms with Crippen LogP contribution in [-0.4, -0.2) is 32.3 Å². The molecule has 19 heavy (non-hydrogen) atoms. The average molecular weight is 273 g/mol. The lowest BCUT2D eigenvalue weighted by molar-refractivity contribution is -0.159. The summed E-state index contributed by atoms with van der Waals surface area (Å²) in [6, 6.07) is 0. The zero-order valence-electron chi connectivity index (χ0n) is 13.2. The van der Waals surface area contributed by atoms with E-state index in [2.05, 4.69) is 13.8 Å². The molecule has 0 spiro atoms. The van der Waals surface area contributed by atoms with Gasteiger partial charge < -0.3 is 15.2 Å². The lowest BCUT2D eigenvalue weighted by atomic mass is 9.74. The Labute approximate surface area is 118 Å². The molecule has 4 nitrogen and oxygen atoms in total. The third kappa shape index (κ3) is 5.91. The van der Waals surface area contributed by atoms with E-state index in [9.17, 15) is 4.79 Å². The van der Waals surface area contributed by atoms with Crippen LogP contribution in [0.1, 0.15) is 47.5 Å². The molecule has 0 aliphatic carbocycles. The number of carbonyl (C=O) groups is 1. The Morgan fingerprint density at radius 1 is 1.21 bits per heavy atom. The zero-order valence-corrected chi connectivity index (χ0v) is 13.2. The molecule has 0 aliphatic heterocycles. The quantitative estimate of drug-likeness (QED) is 0.491. The van der Waals surface area contributed by atoms with Crippen molar-refractivity contribution in [2.24, 2.45) is 23.0 Å². The summed E-state index contributed by atoms with van der Waals surface area (Å²) in [4.78, 5) is 12.2. The maximum Gasteiger partial charge on any atom is 0.313 e. The molecular weight excluding hydrogens is 242 g/mol. The predicted octanol–water partition coefficient (Wildman–Crippen LogP) is 2.60. The molecule has 0 aliphatic rings. The van der Waals surface area contributed by atoms with Crippen molar-refractivity contribution in [2.45, 2.75) is 47.5 Å². The van der Waals surface area contributed by atoms with Crippen molar-refractivity contribution in [1.29, 1.82) is 0 Å². The SMILES string of the molecule is CCOC(=O)C(CN)(CCOCCC(C)C)C(C)C. The summed E-state index contributed by atoms with van der Waals surface area (Å²) >= 11 is 0. The molecule has 0 amide bonds. The largest absolute Gasteiger partial charge is 0.466 e. The summed E-state index contributed by atoms with van der Waals surface area (Å²) in [7, 11) is 0. The van der Waals surface area contributed by atoms with Crippen LogP contribution < -0.4 is 5.73 Å². The highest BCUT2D eigenvalue weighted by molar-refractivity contribution is 5.77. The molecule has 0 bridgehead atoms. The van der Waals surface area contributed by atoms with Gasteiger partial charge in [-0.3, -0.25) is 4.79 Å². The zero-order chi connectivity index (χ0) is 14.9. The van der Waals surface area contributed by atoms with Gasteiger partial charge in [-0.1, -0.05) is 27.7 Å². The molecule has 0 heterocycles. The molecule has 0 saturated heterocycles. The molecule has 0 aromatic rings. The van der Waals surface area contributed by atoms with Crippen LogP contribution in [0.5, 0.6) is 0 Å². The van der Waals surface area contributed by atoms with Gasteiger partial charge in [-0.15, -0.1) is 0 Å². The smallest absolute Gasteiger partial charge is 0.313 e. The van der Waals surface area contributed by atoms with Gasteiger partial charge in [0.1, 0.15) is 0 Å². The van der Waals surface area contributed by atoms with Crippen LogP contribution in [-0.2, 0) is 14.3 Å². The van der Waals surface area contributed by atoms with Gasteiger partial charge in [0.25, 0.3) is 0 Å². The second kappa shape index (κ2) is 9.32. The van der Waals surface area contributed by atoms with Crippen LogP contribution in [0.2, 0.25) is 0 Å². The van der Waals surface area contributed by atoms with E-state index in [0.717, 1.165) is 13.0 Å². The number of carbonyl (C=O) groups excluding carboxylic acids is 1. The number of ether oxygens (including phenoxy) is 2. The minimum absolute atomic E-state index is 0.144. The first-order chi connectivity index (χ1) is 8.90. The number of hydrogen-bond acceptors (Lipinski definition) is 4. The van der Waals surface area contributed by atoms with E-state index in [1.165, 1.54) is 0 Å². The van der Waals surface area contributed by atoms with E-state index < -0.39 is 5.41 Å². The van der Waals surface area contributed by atoms with Crippen LogP contribution in [0.25, 0.3) is 0 Å². The van der Waals surface area contributed by atoms with Gasteiger partial charge in [-0.05, 0) is 31.6 Å². The van der Waals surface area contributed by atoms with Crippen molar-refractivity contribution < 1.29 is 14.3 Å². The molecule has 0 radical (unpaired) electrons. The Balaban J connectivity index is 4.39. The van der Waals surface area contributed by atoms with Crippen molar-refractivity contribution in [3.05, 3.63) is 0 Å². The number of nitrogens with two attached hydrogens (primary N) is 1. The van der Waals surface area contributed by atoms with E-state index in [1.807, 2.05) is 20.8 Å². The number of rotatable bonds is 10. The highest BCUT2D eigenvalue weighted by atomic mass is 16.5. The molecule has 1 atom stereocenters. The Bertz CT molecular complexity index is 254. The van der Waals surface area contributed by atoms with Crippen molar-refractivity contribution in [2.75, 3.05) is 26.4 Å². The predicted molar refractivity (Wildman–Crippen MR) is 77.8 cm³/mol. The minimum atomic E-state index is -0.617. The lowest BCUT2D eigenvalue weighted by Gasteiger charge is -2.33. The van der Waals surface area contributed by atoms with E-state index in [4.69, 9.17) is 15.2 Å². The summed E-state index contributed by atoms with van der Waals surface area (Å²) in [5, 5.41) is 0. The Morgan fingerprint density at radius 2 is 1.84 bits per heavy atom. The molecule has 0 aromatic heterocycles. The fourth-order valence-corrected chi connectivity index (χ4v) is 2.00. The topological polar surface area (TPSA) is 61.5 Å². The van der Waals surface area contributed by atoms with E-state index in [0.29, 0.717) is 32.1 Å². The van der Waals surface area contributed by atoms with Gasteiger partial charge >= 0.3 is 5.97 Å². The first-order valence-electron chi connectivity index (χ1n) is 7.35. The summed E-state index contributed by atoms with van der Waals surface area (Å²) in [5.74, 6) is 0.583. The average Bonchev–Trinajstić information content (AvgIpc) is 2.33. The summed E-state index contributed by atoms with van der Waals surface area (Å²) < 4.78 is 10.8. The maximum atomic E-state index is 12.2. The van der Waals surface area contributed by atoms with Crippen molar-refractivity contribution in [3.8, 4) is 0 Å². The Hall–Kier alpha value is -0.610. The van der Waals surface area contributed by atoms with Gasteiger partial charge in [0.05, 0.1) is 12.0 Å². The fourth-order valence-electron chi connectivity index (χ4n) is 2.00. The lowest BCUT2D eigenvalue weighted by Crippen LogP contribution is -2.45. The molecule has 0 fully saturated rings. The highest BCUT2D eigenvalue weighted by Crippen LogP contribution is 2.32. The highest BCUT2D eigenvalue weighted by Gasteiger charge is 2.41. The van der Waals surface area contributed by atoms with Gasteiger partial charge in [-0.25, -0.2) is 0 Å². The van der Waals surface area contributed by atoms with E-state index in [-0.39, 0.29) is 11.9 Å². The summed E-state index contributed by atoms with van der Waals surface area (Å²) in [6.45, 7) is 12.2. The first-order valence-corrected chi connectivity index (χ1v) is 7.35. The molecule has 0 aromatic carbocycles. The monoisotopic (exact) mass is 273 g/mol. The van der Waals surface area contributed by atoms with E-state index in [1.54, 1.807) is 0 Å². The molecule has 0 saturated carbocycles. The summed E-state index contributed by atoms with van der Waals surface area (Å²) in [5.41, 5.74) is 5.23. The van der Waals surface area contributed by atoms with Crippen molar-refractivity contribution in [3.63, 3.8) is 0 Å². The van der Waals surface area contributed by atoms with Crippen LogP contribution in [0.15, 0.2) is 0 Å². The Morgan fingerprint density at radius 3 is 2.26 bits per heavy atom. The fraction of sp³-hybridized carbons (Fsp3) is 0.933. The van der Waals surface area contributed by atoms with Crippen LogP contribution in [0, 0.1) is 17.3 Å². The van der Waals surface area contributed by atoms with Crippen LogP contribution in [0.3, 0.4) is 0 Å². The van der Waals surface area contributed by atoms with E-state index >= 15 is 0 Å². The first kappa shape index (κ1) is 18.4. The third-order valence-corrected chi connectivity index (χ3v) is 3.68. The summed E-state index contributed by atoms with van der Waals surface area (Å²) in [6.07, 6.45) is 1.66. The molecule has 0 rings (SSSR count). The number of esters is 1. The van der Waals surface area contributed by atoms with Crippen LogP contribution in [0.4, 0.5) is 0 Å². The minimum Gasteiger partial charge on any atom is -0.466 e. The normalized spacial score (nSPS) is 14.7. The second-order valence-electron chi connectivity index (χ2n) is 5.78. The second-order valence-corrected chi connectivity index (χ2v) is 5.78. The molecule has 114 valence electrons.